The second-order valence-corrected chi connectivity index (χ2v) is 3.36. The van der Waals surface area contributed by atoms with Gasteiger partial charge in [0.05, 0.1) is 36.4 Å². The number of ether oxygens (including phenoxy) is 1. The van der Waals surface area contributed by atoms with E-state index in [1.54, 1.807) is 0 Å². The molecule has 0 aliphatic heterocycles. The smallest absolute Gasteiger partial charge is 0.292 e. The minimum Gasteiger partial charge on any atom is -0.394 e. The molecule has 0 aliphatic carbocycles. The zero-order valence-electron chi connectivity index (χ0n) is 9.63. The largest absolute Gasteiger partial charge is 0.394 e. The number of aliphatic hydroxyl groups is 1. The van der Waals surface area contributed by atoms with Gasteiger partial charge < -0.3 is 15.2 Å². The van der Waals surface area contributed by atoms with Crippen molar-refractivity contribution in [1.29, 1.82) is 5.26 Å². The Morgan fingerprint density at radius 2 is 2.28 bits per heavy atom. The molecule has 18 heavy (non-hydrogen) atoms. The van der Waals surface area contributed by atoms with Crippen LogP contribution in [-0.2, 0) is 4.74 Å². The van der Waals surface area contributed by atoms with Crippen LogP contribution in [0.4, 0.5) is 11.4 Å². The molecule has 7 heteroatoms. The Hall–Kier alpha value is -2.17. The Balaban J connectivity index is 2.67. The highest BCUT2D eigenvalue weighted by atomic mass is 16.6. The number of nitro groups is 1. The Bertz CT molecular complexity index is 456. The number of benzene rings is 1. The Morgan fingerprint density at radius 1 is 1.50 bits per heavy atom. The minimum absolute atomic E-state index is 0.0654. The van der Waals surface area contributed by atoms with E-state index in [-0.39, 0.29) is 24.6 Å². The second-order valence-electron chi connectivity index (χ2n) is 3.36. The number of anilines is 1. The van der Waals surface area contributed by atoms with Crippen LogP contribution in [0.2, 0.25) is 0 Å². The van der Waals surface area contributed by atoms with E-state index in [4.69, 9.17) is 15.1 Å². The minimum atomic E-state index is -0.516. The molecule has 2 N–H and O–H groups in total. The molecule has 1 aromatic carbocycles. The van der Waals surface area contributed by atoms with Crippen LogP contribution in [0.25, 0.3) is 0 Å². The van der Waals surface area contributed by atoms with Crippen molar-refractivity contribution in [2.75, 3.05) is 31.7 Å². The molecule has 0 unspecified atom stereocenters. The highest BCUT2D eigenvalue weighted by molar-refractivity contribution is 5.64. The van der Waals surface area contributed by atoms with Gasteiger partial charge in [0.25, 0.3) is 5.69 Å². The summed E-state index contributed by atoms with van der Waals surface area (Å²) in [6, 6.07) is 6.02. The standard InChI is InChI=1S/C11H13N3O4/c12-8-9-1-2-11(14(16)17)10(7-9)13-3-5-18-6-4-15/h1-2,7,13,15H,3-6H2. The molecule has 0 radical (unpaired) electrons. The molecule has 0 amide bonds. The second kappa shape index (κ2) is 7.21. The zero-order chi connectivity index (χ0) is 13.4. The van der Waals surface area contributed by atoms with Crippen molar-refractivity contribution in [2.24, 2.45) is 0 Å². The van der Waals surface area contributed by atoms with E-state index in [0.717, 1.165) is 0 Å². The third-order valence-electron chi connectivity index (χ3n) is 2.12. The van der Waals surface area contributed by atoms with E-state index in [1.165, 1.54) is 18.2 Å². The average molecular weight is 251 g/mol. The first kappa shape index (κ1) is 13.9. The van der Waals surface area contributed by atoms with E-state index >= 15 is 0 Å². The number of hydrogen-bond acceptors (Lipinski definition) is 6. The molecule has 0 saturated carbocycles. The van der Waals surface area contributed by atoms with Crippen molar-refractivity contribution in [1.82, 2.24) is 0 Å². The van der Waals surface area contributed by atoms with Gasteiger partial charge in [0.1, 0.15) is 5.69 Å². The first-order valence-corrected chi connectivity index (χ1v) is 5.30. The molecule has 0 spiro atoms. The summed E-state index contributed by atoms with van der Waals surface area (Å²) < 4.78 is 5.01. The highest BCUT2D eigenvalue weighted by Crippen LogP contribution is 2.24. The van der Waals surface area contributed by atoms with Crippen LogP contribution in [0.3, 0.4) is 0 Å². The van der Waals surface area contributed by atoms with Crippen LogP contribution in [0.5, 0.6) is 0 Å². The normalized spacial score (nSPS) is 9.78. The topological polar surface area (TPSA) is 108 Å². The van der Waals surface area contributed by atoms with Gasteiger partial charge in [-0.2, -0.15) is 5.26 Å². The molecule has 0 atom stereocenters. The van der Waals surface area contributed by atoms with Gasteiger partial charge in [0.15, 0.2) is 0 Å². The maximum atomic E-state index is 10.8. The lowest BCUT2D eigenvalue weighted by atomic mass is 10.2. The van der Waals surface area contributed by atoms with Crippen LogP contribution in [0.15, 0.2) is 18.2 Å². The van der Waals surface area contributed by atoms with Crippen LogP contribution < -0.4 is 5.32 Å². The number of hydrogen-bond donors (Lipinski definition) is 2. The lowest BCUT2D eigenvalue weighted by molar-refractivity contribution is -0.384. The Morgan fingerprint density at radius 3 is 2.89 bits per heavy atom. The lowest BCUT2D eigenvalue weighted by Gasteiger charge is -2.07. The van der Waals surface area contributed by atoms with E-state index in [9.17, 15) is 10.1 Å². The SMILES string of the molecule is N#Cc1ccc([N+](=O)[O-])c(NCCOCCO)c1. The van der Waals surface area contributed by atoms with Crippen molar-refractivity contribution < 1.29 is 14.8 Å². The van der Waals surface area contributed by atoms with Crippen molar-refractivity contribution in [3.05, 3.63) is 33.9 Å². The van der Waals surface area contributed by atoms with Crippen LogP contribution in [0.1, 0.15) is 5.56 Å². The first-order valence-electron chi connectivity index (χ1n) is 5.30. The molecular weight excluding hydrogens is 238 g/mol. The van der Waals surface area contributed by atoms with E-state index in [1.807, 2.05) is 6.07 Å². The van der Waals surface area contributed by atoms with Crippen molar-refractivity contribution >= 4 is 11.4 Å². The van der Waals surface area contributed by atoms with Gasteiger partial charge in [-0.05, 0) is 12.1 Å². The molecule has 0 fully saturated rings. The van der Waals surface area contributed by atoms with Crippen LogP contribution in [-0.4, -0.2) is 36.4 Å². The maximum Gasteiger partial charge on any atom is 0.292 e. The maximum absolute atomic E-state index is 10.8. The zero-order valence-corrected chi connectivity index (χ0v) is 9.63. The van der Waals surface area contributed by atoms with E-state index in [2.05, 4.69) is 5.32 Å². The predicted molar refractivity (Wildman–Crippen MR) is 64.2 cm³/mol. The quantitative estimate of drug-likeness (QED) is 0.423. The van der Waals surface area contributed by atoms with Gasteiger partial charge in [-0.25, -0.2) is 0 Å². The average Bonchev–Trinajstić information content (AvgIpc) is 2.38. The van der Waals surface area contributed by atoms with Crippen LogP contribution >= 0.6 is 0 Å². The van der Waals surface area contributed by atoms with Gasteiger partial charge >= 0.3 is 0 Å². The predicted octanol–water partition coefficient (Wildman–Crippen LogP) is 0.887. The summed E-state index contributed by atoms with van der Waals surface area (Å²) >= 11 is 0. The summed E-state index contributed by atoms with van der Waals surface area (Å²) in [5.41, 5.74) is 0.544. The summed E-state index contributed by atoms with van der Waals surface area (Å²) in [7, 11) is 0. The monoisotopic (exact) mass is 251 g/mol. The number of nitriles is 1. The number of aliphatic hydroxyl groups excluding tert-OH is 1. The molecule has 1 rings (SSSR count). The third kappa shape index (κ3) is 4.01. The number of nitrogens with one attached hydrogen (secondary N) is 1. The molecule has 0 aromatic heterocycles. The number of nitrogens with zero attached hydrogens (tertiary/aromatic N) is 2. The van der Waals surface area contributed by atoms with Gasteiger partial charge in [-0.3, -0.25) is 10.1 Å². The molecule has 0 saturated heterocycles. The Kier molecular flexibility index (Phi) is 5.57. The lowest BCUT2D eigenvalue weighted by Crippen LogP contribution is -2.12. The molecule has 96 valence electrons. The van der Waals surface area contributed by atoms with Crippen molar-refractivity contribution in [3.63, 3.8) is 0 Å². The summed E-state index contributed by atoms with van der Waals surface area (Å²) in [6.07, 6.45) is 0. The van der Waals surface area contributed by atoms with Gasteiger partial charge in [0, 0.05) is 12.6 Å². The van der Waals surface area contributed by atoms with Crippen LogP contribution in [0, 0.1) is 21.4 Å². The Labute approximate surface area is 104 Å². The number of nitro benzene ring substituents is 1. The summed E-state index contributed by atoms with van der Waals surface area (Å²) in [5, 5.41) is 30.8. The molecule has 0 bridgehead atoms. The van der Waals surface area contributed by atoms with Gasteiger partial charge in [0.2, 0.25) is 0 Å². The van der Waals surface area contributed by atoms with Gasteiger partial charge in [-0.15, -0.1) is 0 Å². The first-order chi connectivity index (χ1) is 8.69. The van der Waals surface area contributed by atoms with E-state index < -0.39 is 4.92 Å². The highest BCUT2D eigenvalue weighted by Gasteiger charge is 2.13. The summed E-state index contributed by atoms with van der Waals surface area (Å²) in [6.45, 7) is 0.830. The molecule has 0 aliphatic rings. The van der Waals surface area contributed by atoms with Crippen molar-refractivity contribution in [2.45, 2.75) is 0 Å². The molecule has 7 nitrogen and oxygen atoms in total. The molecular formula is C11H13N3O4. The summed E-state index contributed by atoms with van der Waals surface area (Å²) in [4.78, 5) is 10.3. The number of rotatable bonds is 7. The summed E-state index contributed by atoms with van der Waals surface area (Å²) in [5.74, 6) is 0. The van der Waals surface area contributed by atoms with Gasteiger partial charge in [-0.1, -0.05) is 0 Å². The van der Waals surface area contributed by atoms with Crippen molar-refractivity contribution in [3.8, 4) is 6.07 Å². The fraction of sp³-hybridized carbons (Fsp3) is 0.364. The fourth-order valence-corrected chi connectivity index (χ4v) is 1.33. The molecule has 1 aromatic rings. The third-order valence-corrected chi connectivity index (χ3v) is 2.12. The fourth-order valence-electron chi connectivity index (χ4n) is 1.33. The van der Waals surface area contributed by atoms with E-state index in [0.29, 0.717) is 18.7 Å². The molecule has 0 heterocycles.